The number of hydrogen-bond acceptors (Lipinski definition) is 4. The highest BCUT2D eigenvalue weighted by atomic mass is 35.5. The smallest absolute Gasteiger partial charge is 0.196 e. The van der Waals surface area contributed by atoms with Gasteiger partial charge in [0.25, 0.3) is 0 Å². The van der Waals surface area contributed by atoms with E-state index in [0.717, 1.165) is 0 Å². The number of methoxy groups -OCH3 is 1. The number of fused-ring (bicyclic) bond motifs is 4. The summed E-state index contributed by atoms with van der Waals surface area (Å²) in [5.74, 6) is 0.176. The van der Waals surface area contributed by atoms with Gasteiger partial charge >= 0.3 is 0 Å². The molecule has 4 rings (SSSR count). The average molecular weight is 346 g/mol. The quantitative estimate of drug-likeness (QED) is 0.283. The number of aromatic nitrogens is 1. The molecule has 0 amide bonds. The fourth-order valence-corrected chi connectivity index (χ4v) is 4.01. The lowest BCUT2D eigenvalue weighted by Gasteiger charge is -2.08. The van der Waals surface area contributed by atoms with Crippen molar-refractivity contribution in [3.05, 3.63) is 57.6 Å². The Balaban J connectivity index is 2.31. The van der Waals surface area contributed by atoms with Crippen LogP contribution in [0.5, 0.6) is 5.75 Å². The van der Waals surface area contributed by atoms with Crippen molar-refractivity contribution in [3.8, 4) is 5.75 Å². The van der Waals surface area contributed by atoms with Crippen LogP contribution in [0.4, 0.5) is 4.39 Å². The molecule has 0 N–H and O–H groups in total. The second kappa shape index (κ2) is 5.15. The highest BCUT2D eigenvalue weighted by Gasteiger charge is 2.15. The second-order valence-electron chi connectivity index (χ2n) is 5.06. The Morgan fingerprint density at radius 2 is 2.00 bits per heavy atom. The van der Waals surface area contributed by atoms with Crippen molar-refractivity contribution in [2.75, 3.05) is 7.11 Å². The van der Waals surface area contributed by atoms with Gasteiger partial charge in [0.2, 0.25) is 0 Å². The molecule has 0 radical (unpaired) electrons. The second-order valence-corrected chi connectivity index (χ2v) is 6.47. The molecule has 0 aliphatic heterocycles. The molecule has 0 spiro atoms. The number of ether oxygens (including phenoxy) is 1. The Kier molecular flexibility index (Phi) is 3.21. The molecule has 2 aromatic carbocycles. The molecular formula is C17H9ClFNO2S. The van der Waals surface area contributed by atoms with Crippen molar-refractivity contribution in [3.63, 3.8) is 0 Å². The number of benzene rings is 2. The van der Waals surface area contributed by atoms with E-state index in [9.17, 15) is 9.18 Å². The van der Waals surface area contributed by atoms with Crippen LogP contribution in [0.1, 0.15) is 0 Å². The van der Waals surface area contributed by atoms with Crippen molar-refractivity contribution < 1.29 is 9.13 Å². The summed E-state index contributed by atoms with van der Waals surface area (Å²) >= 11 is 7.60. The van der Waals surface area contributed by atoms with Crippen LogP contribution in [0.3, 0.4) is 0 Å². The molecule has 0 bridgehead atoms. The van der Waals surface area contributed by atoms with Gasteiger partial charge in [0, 0.05) is 15.5 Å². The van der Waals surface area contributed by atoms with Crippen LogP contribution in [0.2, 0.25) is 5.15 Å². The largest absolute Gasteiger partial charge is 0.497 e. The zero-order valence-corrected chi connectivity index (χ0v) is 13.5. The fraction of sp³-hybridized carbons (Fsp3) is 0.0588. The van der Waals surface area contributed by atoms with Crippen LogP contribution >= 0.6 is 22.9 Å². The lowest BCUT2D eigenvalue weighted by atomic mass is 10.1. The van der Waals surface area contributed by atoms with Gasteiger partial charge in [0.05, 0.1) is 22.7 Å². The van der Waals surface area contributed by atoms with Crippen LogP contribution in [0.15, 0.2) is 41.2 Å². The Morgan fingerprint density at radius 1 is 1.17 bits per heavy atom. The van der Waals surface area contributed by atoms with E-state index in [2.05, 4.69) is 4.98 Å². The molecule has 0 saturated heterocycles. The number of halogens is 2. The molecule has 0 fully saturated rings. The third kappa shape index (κ3) is 2.16. The first-order chi connectivity index (χ1) is 11.1. The fourth-order valence-electron chi connectivity index (χ4n) is 2.65. The van der Waals surface area contributed by atoms with Crippen molar-refractivity contribution in [1.82, 2.24) is 4.98 Å². The normalized spacial score (nSPS) is 11.4. The molecule has 4 aromatic rings. The molecule has 2 heterocycles. The SMILES string of the molecule is COc1ccc2nc(Cl)c3sc4ccc(F)cc4c(=O)c3c2c1. The van der Waals surface area contributed by atoms with Gasteiger partial charge in [-0.05, 0) is 36.4 Å². The van der Waals surface area contributed by atoms with E-state index in [4.69, 9.17) is 16.3 Å². The van der Waals surface area contributed by atoms with Crippen LogP contribution in [0, 0.1) is 5.82 Å². The van der Waals surface area contributed by atoms with Crippen LogP contribution < -0.4 is 10.2 Å². The maximum Gasteiger partial charge on any atom is 0.196 e. The molecule has 114 valence electrons. The predicted molar refractivity (Wildman–Crippen MR) is 92.4 cm³/mol. The minimum atomic E-state index is -0.441. The van der Waals surface area contributed by atoms with Gasteiger partial charge in [0.15, 0.2) is 5.43 Å². The zero-order valence-electron chi connectivity index (χ0n) is 11.9. The maximum absolute atomic E-state index is 13.5. The summed E-state index contributed by atoms with van der Waals surface area (Å²) in [6.45, 7) is 0. The molecule has 23 heavy (non-hydrogen) atoms. The van der Waals surface area contributed by atoms with Crippen LogP contribution in [0.25, 0.3) is 31.1 Å². The lowest BCUT2D eigenvalue weighted by Crippen LogP contribution is -2.03. The first-order valence-corrected chi connectivity index (χ1v) is 7.97. The first kappa shape index (κ1) is 14.4. The topological polar surface area (TPSA) is 39.2 Å². The van der Waals surface area contributed by atoms with Gasteiger partial charge < -0.3 is 4.74 Å². The summed E-state index contributed by atoms with van der Waals surface area (Å²) in [6.07, 6.45) is 0. The number of nitrogens with zero attached hydrogens (tertiary/aromatic N) is 1. The zero-order chi connectivity index (χ0) is 16.1. The van der Waals surface area contributed by atoms with E-state index < -0.39 is 5.82 Å². The van der Waals surface area contributed by atoms with Gasteiger partial charge in [-0.25, -0.2) is 9.37 Å². The van der Waals surface area contributed by atoms with Gasteiger partial charge in [0.1, 0.15) is 16.7 Å². The minimum Gasteiger partial charge on any atom is -0.497 e. The monoisotopic (exact) mass is 345 g/mol. The Hall–Kier alpha value is -2.24. The van der Waals surface area contributed by atoms with E-state index in [1.54, 1.807) is 31.4 Å². The van der Waals surface area contributed by atoms with Crippen molar-refractivity contribution in [2.24, 2.45) is 0 Å². The highest BCUT2D eigenvalue weighted by Crippen LogP contribution is 2.34. The standard InChI is InChI=1S/C17H9ClFNO2S/c1-22-9-3-4-12-10(7-9)14-15(21)11-6-8(19)2-5-13(11)23-16(14)17(18)20-12/h2-7H,1H3. The van der Waals surface area contributed by atoms with Crippen molar-refractivity contribution >= 4 is 54.0 Å². The van der Waals surface area contributed by atoms with E-state index in [-0.39, 0.29) is 10.6 Å². The van der Waals surface area contributed by atoms with Gasteiger partial charge in [-0.3, -0.25) is 4.79 Å². The van der Waals surface area contributed by atoms with Crippen LogP contribution in [-0.2, 0) is 0 Å². The Labute approximate surface area is 138 Å². The van der Waals surface area contributed by atoms with Crippen LogP contribution in [-0.4, -0.2) is 12.1 Å². The van der Waals surface area contributed by atoms with E-state index in [1.807, 2.05) is 0 Å². The summed E-state index contributed by atoms with van der Waals surface area (Å²) < 4.78 is 20.0. The maximum atomic E-state index is 13.5. The number of hydrogen-bond donors (Lipinski definition) is 0. The van der Waals surface area contributed by atoms with Gasteiger partial charge in [-0.15, -0.1) is 11.3 Å². The molecular weight excluding hydrogens is 337 g/mol. The lowest BCUT2D eigenvalue weighted by molar-refractivity contribution is 0.415. The molecule has 0 saturated carbocycles. The average Bonchev–Trinajstić information content (AvgIpc) is 2.55. The third-order valence-corrected chi connectivity index (χ3v) is 5.29. The van der Waals surface area contributed by atoms with Crippen molar-refractivity contribution in [2.45, 2.75) is 0 Å². The van der Waals surface area contributed by atoms with Crippen molar-refractivity contribution in [1.29, 1.82) is 0 Å². The summed E-state index contributed by atoms with van der Waals surface area (Å²) in [5, 5.41) is 1.71. The summed E-state index contributed by atoms with van der Waals surface area (Å²) in [7, 11) is 1.55. The summed E-state index contributed by atoms with van der Waals surface area (Å²) in [6, 6.07) is 9.43. The molecule has 0 unspecified atom stereocenters. The van der Waals surface area contributed by atoms with Gasteiger partial charge in [-0.1, -0.05) is 11.6 Å². The first-order valence-electron chi connectivity index (χ1n) is 6.78. The molecule has 0 atom stereocenters. The van der Waals surface area contributed by atoms with E-state index in [1.165, 1.54) is 23.5 Å². The Bertz CT molecular complexity index is 1160. The Morgan fingerprint density at radius 3 is 2.78 bits per heavy atom. The molecule has 2 aromatic heterocycles. The molecule has 0 aliphatic carbocycles. The summed E-state index contributed by atoms with van der Waals surface area (Å²) in [4.78, 5) is 17.3. The highest BCUT2D eigenvalue weighted by molar-refractivity contribution is 7.25. The minimum absolute atomic E-state index is 0.254. The molecule has 0 aliphatic rings. The summed E-state index contributed by atoms with van der Waals surface area (Å²) in [5.41, 5.74) is 0.346. The third-order valence-electron chi connectivity index (χ3n) is 3.73. The predicted octanol–water partition coefficient (Wildman–Crippen LogP) is 4.76. The van der Waals surface area contributed by atoms with Gasteiger partial charge in [-0.2, -0.15) is 0 Å². The molecule has 3 nitrogen and oxygen atoms in total. The number of pyridine rings is 1. The van der Waals surface area contributed by atoms with E-state index in [0.29, 0.717) is 36.8 Å². The molecule has 6 heteroatoms. The number of rotatable bonds is 1. The van der Waals surface area contributed by atoms with E-state index >= 15 is 0 Å².